The second-order valence-corrected chi connectivity index (χ2v) is 6.32. The number of furan rings is 1. The Kier molecular flexibility index (Phi) is 6.44. The third-order valence-corrected chi connectivity index (χ3v) is 4.73. The molecule has 0 bridgehead atoms. The van der Waals surface area contributed by atoms with Gasteiger partial charge in [-0.15, -0.1) is 11.8 Å². The minimum Gasteiger partial charge on any atom is -0.478 e. The molecule has 0 radical (unpaired) electrons. The van der Waals surface area contributed by atoms with Gasteiger partial charge in [-0.1, -0.05) is 24.6 Å². The quantitative estimate of drug-likeness (QED) is 0.665. The van der Waals surface area contributed by atoms with Crippen LogP contribution in [-0.4, -0.2) is 29.2 Å². The molecule has 1 amide bonds. The predicted molar refractivity (Wildman–Crippen MR) is 91.2 cm³/mol. The number of carbonyl (C=O) groups is 2. The van der Waals surface area contributed by atoms with Crippen molar-refractivity contribution in [3.63, 3.8) is 0 Å². The molecular weight excluding hydrogens is 376 g/mol. The van der Waals surface area contributed by atoms with E-state index < -0.39 is 24.1 Å². The highest BCUT2D eigenvalue weighted by Gasteiger charge is 2.21. The van der Waals surface area contributed by atoms with Gasteiger partial charge in [0.25, 0.3) is 5.91 Å². The summed E-state index contributed by atoms with van der Waals surface area (Å²) in [6.07, 6.45) is -2.22. The van der Waals surface area contributed by atoms with Crippen molar-refractivity contribution in [1.29, 1.82) is 0 Å². The first-order chi connectivity index (χ1) is 11.8. The normalized spacial score (nSPS) is 10.9. The van der Waals surface area contributed by atoms with Crippen LogP contribution >= 0.6 is 23.4 Å². The first-order valence-corrected chi connectivity index (χ1v) is 8.56. The van der Waals surface area contributed by atoms with Gasteiger partial charge in [0, 0.05) is 17.4 Å². The second kappa shape index (κ2) is 8.35. The van der Waals surface area contributed by atoms with E-state index in [0.717, 1.165) is 17.8 Å². The minimum atomic E-state index is -2.53. The molecule has 0 aliphatic heterocycles. The highest BCUT2D eigenvalue weighted by molar-refractivity contribution is 7.99. The Hall–Kier alpha value is -2.06. The zero-order valence-corrected chi connectivity index (χ0v) is 14.6. The number of alkyl halides is 2. The van der Waals surface area contributed by atoms with Crippen LogP contribution in [0.5, 0.6) is 0 Å². The van der Waals surface area contributed by atoms with E-state index in [9.17, 15) is 18.4 Å². The standard InChI is InChI=1S/C16H14ClF2NO4S/c1-2-11-8(16(22)23)6-12(24-11)15(21)20-10-5-3-4-9(17)14(10)25-7-13(18)19/h3-6,13H,2,7H2,1H3,(H,20,21)(H,22,23). The lowest BCUT2D eigenvalue weighted by molar-refractivity contribution is 0.0694. The maximum atomic E-state index is 12.5. The number of carboxylic acid groups (broad SMARTS) is 1. The molecule has 2 N–H and O–H groups in total. The van der Waals surface area contributed by atoms with E-state index in [1.165, 1.54) is 12.1 Å². The van der Waals surface area contributed by atoms with Crippen LogP contribution in [0.2, 0.25) is 5.02 Å². The van der Waals surface area contributed by atoms with E-state index in [0.29, 0.717) is 11.3 Å². The number of carboxylic acids is 1. The van der Waals surface area contributed by atoms with Crippen LogP contribution in [0.1, 0.15) is 33.6 Å². The average Bonchev–Trinajstić information content (AvgIpc) is 2.98. The van der Waals surface area contributed by atoms with Gasteiger partial charge in [0.15, 0.2) is 5.76 Å². The Balaban J connectivity index is 2.26. The number of hydrogen-bond donors (Lipinski definition) is 2. The fourth-order valence-corrected chi connectivity index (χ4v) is 3.18. The van der Waals surface area contributed by atoms with E-state index in [1.54, 1.807) is 13.0 Å². The largest absolute Gasteiger partial charge is 0.478 e. The lowest BCUT2D eigenvalue weighted by Crippen LogP contribution is -2.12. The van der Waals surface area contributed by atoms with E-state index in [1.807, 2.05) is 0 Å². The van der Waals surface area contributed by atoms with Crippen molar-refractivity contribution in [1.82, 2.24) is 0 Å². The molecular formula is C16H14ClF2NO4S. The van der Waals surface area contributed by atoms with Gasteiger partial charge in [0.2, 0.25) is 6.43 Å². The van der Waals surface area contributed by atoms with Crippen molar-refractivity contribution in [2.45, 2.75) is 24.7 Å². The first-order valence-electron chi connectivity index (χ1n) is 7.20. The number of benzene rings is 1. The van der Waals surface area contributed by atoms with Gasteiger partial charge >= 0.3 is 5.97 Å². The number of halogens is 3. The molecule has 0 saturated heterocycles. The van der Waals surface area contributed by atoms with Gasteiger partial charge in [0.05, 0.1) is 16.5 Å². The second-order valence-electron chi connectivity index (χ2n) is 4.88. The Morgan fingerprint density at radius 1 is 1.40 bits per heavy atom. The van der Waals surface area contributed by atoms with Gasteiger partial charge < -0.3 is 14.8 Å². The molecule has 25 heavy (non-hydrogen) atoms. The fourth-order valence-electron chi connectivity index (χ4n) is 2.07. The zero-order chi connectivity index (χ0) is 18.6. The monoisotopic (exact) mass is 389 g/mol. The third-order valence-electron chi connectivity index (χ3n) is 3.15. The van der Waals surface area contributed by atoms with Crippen LogP contribution < -0.4 is 5.32 Å². The number of amides is 1. The number of aromatic carboxylic acids is 1. The molecule has 2 rings (SSSR count). The van der Waals surface area contributed by atoms with Gasteiger partial charge in [-0.25, -0.2) is 13.6 Å². The molecule has 0 spiro atoms. The van der Waals surface area contributed by atoms with Gasteiger partial charge in [0.1, 0.15) is 11.3 Å². The summed E-state index contributed by atoms with van der Waals surface area (Å²) < 4.78 is 30.2. The third kappa shape index (κ3) is 4.73. The van der Waals surface area contributed by atoms with Crippen molar-refractivity contribution in [3.8, 4) is 0 Å². The van der Waals surface area contributed by atoms with Crippen molar-refractivity contribution >= 4 is 40.9 Å². The molecule has 2 aromatic rings. The van der Waals surface area contributed by atoms with Crippen molar-refractivity contribution < 1.29 is 27.9 Å². The summed E-state index contributed by atoms with van der Waals surface area (Å²) in [7, 11) is 0. The summed E-state index contributed by atoms with van der Waals surface area (Å²) in [6.45, 7) is 1.70. The molecule has 0 saturated carbocycles. The molecule has 0 atom stereocenters. The van der Waals surface area contributed by atoms with Crippen LogP contribution in [0.25, 0.3) is 0 Å². The van der Waals surface area contributed by atoms with Crippen LogP contribution in [-0.2, 0) is 6.42 Å². The number of hydrogen-bond acceptors (Lipinski definition) is 4. The molecule has 5 nitrogen and oxygen atoms in total. The van der Waals surface area contributed by atoms with Crippen LogP contribution in [0.3, 0.4) is 0 Å². The molecule has 134 valence electrons. The van der Waals surface area contributed by atoms with Crippen molar-refractivity contribution in [2.75, 3.05) is 11.1 Å². The summed E-state index contributed by atoms with van der Waals surface area (Å²) in [5.74, 6) is -2.37. The number of aryl methyl sites for hydroxylation is 1. The zero-order valence-electron chi connectivity index (χ0n) is 13.0. The average molecular weight is 390 g/mol. The summed E-state index contributed by atoms with van der Waals surface area (Å²) in [4.78, 5) is 23.8. The molecule has 0 aliphatic carbocycles. The maximum Gasteiger partial charge on any atom is 0.339 e. The number of rotatable bonds is 7. The molecule has 0 unspecified atom stereocenters. The van der Waals surface area contributed by atoms with Gasteiger partial charge in [-0.2, -0.15) is 0 Å². The van der Waals surface area contributed by atoms with E-state index >= 15 is 0 Å². The number of nitrogens with one attached hydrogen (secondary N) is 1. The summed E-state index contributed by atoms with van der Waals surface area (Å²) in [5, 5.41) is 11.8. The topological polar surface area (TPSA) is 79.5 Å². The Morgan fingerprint density at radius 2 is 2.12 bits per heavy atom. The summed E-state index contributed by atoms with van der Waals surface area (Å²) in [6, 6.07) is 5.73. The molecule has 1 aromatic carbocycles. The Morgan fingerprint density at radius 3 is 2.68 bits per heavy atom. The van der Waals surface area contributed by atoms with E-state index in [2.05, 4.69) is 5.32 Å². The predicted octanol–water partition coefficient (Wildman–Crippen LogP) is 4.80. The SMILES string of the molecule is CCc1oc(C(=O)Nc2cccc(Cl)c2SCC(F)F)cc1C(=O)O. The molecule has 0 aliphatic rings. The highest BCUT2D eigenvalue weighted by Crippen LogP contribution is 2.35. The number of thioether (sulfide) groups is 1. The molecule has 0 fully saturated rings. The van der Waals surface area contributed by atoms with Gasteiger partial charge in [-0.3, -0.25) is 4.79 Å². The van der Waals surface area contributed by atoms with Crippen molar-refractivity contribution in [2.24, 2.45) is 0 Å². The van der Waals surface area contributed by atoms with Crippen LogP contribution in [0, 0.1) is 0 Å². The minimum absolute atomic E-state index is 0.0916. The molecule has 9 heteroatoms. The highest BCUT2D eigenvalue weighted by atomic mass is 35.5. The molecule has 1 aromatic heterocycles. The lowest BCUT2D eigenvalue weighted by atomic mass is 10.2. The number of anilines is 1. The van der Waals surface area contributed by atoms with Crippen molar-refractivity contribution in [3.05, 3.63) is 46.4 Å². The smallest absolute Gasteiger partial charge is 0.339 e. The number of carbonyl (C=O) groups excluding carboxylic acids is 1. The van der Waals surface area contributed by atoms with Crippen LogP contribution in [0.4, 0.5) is 14.5 Å². The van der Waals surface area contributed by atoms with Gasteiger partial charge in [-0.05, 0) is 12.1 Å². The Bertz CT molecular complexity index is 794. The maximum absolute atomic E-state index is 12.5. The van der Waals surface area contributed by atoms with Crippen LogP contribution in [0.15, 0.2) is 33.6 Å². The Labute approximate surface area is 151 Å². The summed E-state index contributed by atoms with van der Waals surface area (Å²) in [5.41, 5.74) is 0.153. The molecule has 1 heterocycles. The lowest BCUT2D eigenvalue weighted by Gasteiger charge is -2.11. The first kappa shape index (κ1) is 19.3. The van der Waals surface area contributed by atoms with E-state index in [-0.39, 0.29) is 27.8 Å². The fraction of sp³-hybridized carbons (Fsp3) is 0.250. The summed E-state index contributed by atoms with van der Waals surface area (Å²) >= 11 is 6.83. The van der Waals surface area contributed by atoms with E-state index in [4.69, 9.17) is 21.1 Å².